The largest absolute Gasteiger partial charge is 0.618 e. The molecule has 24 heavy (non-hydrogen) atoms. The molecule has 3 N–H and O–H groups in total. The first kappa shape index (κ1) is 17.7. The predicted octanol–water partition coefficient (Wildman–Crippen LogP) is 0.461. The van der Waals surface area contributed by atoms with Crippen molar-refractivity contribution in [1.82, 2.24) is 5.32 Å². The van der Waals surface area contributed by atoms with E-state index in [-0.39, 0.29) is 33.1 Å². The second-order valence-corrected chi connectivity index (χ2v) is 6.59. The molecule has 2 rings (SSSR count). The lowest BCUT2D eigenvalue weighted by Crippen LogP contribution is -2.37. The molecular formula is C15H16N2O6S. The standard InChI is InChI=1S/C15H16N2O6S/c1-7-10(14(18)19)12(11(15(20)21)8(2)16-7)9-5-4-6-17(22)13(9)24(3)23/h4-6,12,16H,1-3H3,(H,18,19)(H,20,21). The highest BCUT2D eigenvalue weighted by Crippen LogP contribution is 2.39. The van der Waals surface area contributed by atoms with Crippen molar-refractivity contribution < 1.29 is 28.7 Å². The molecule has 0 aliphatic carbocycles. The fourth-order valence-corrected chi connectivity index (χ4v) is 3.71. The maximum absolute atomic E-state index is 12.0. The van der Waals surface area contributed by atoms with Gasteiger partial charge in [0.1, 0.15) is 10.8 Å². The highest BCUT2D eigenvalue weighted by Gasteiger charge is 2.40. The quantitative estimate of drug-likeness (QED) is 0.530. The van der Waals surface area contributed by atoms with Gasteiger partial charge < -0.3 is 20.7 Å². The average molecular weight is 352 g/mol. The number of nitrogens with zero attached hydrogens (tertiary/aromatic N) is 1. The van der Waals surface area contributed by atoms with E-state index in [1.807, 2.05) is 0 Å². The molecule has 0 bridgehead atoms. The zero-order chi connectivity index (χ0) is 18.2. The summed E-state index contributed by atoms with van der Waals surface area (Å²) in [6, 6.07) is 2.79. The Balaban J connectivity index is 2.87. The van der Waals surface area contributed by atoms with Crippen LogP contribution in [-0.4, -0.2) is 32.6 Å². The van der Waals surface area contributed by atoms with Gasteiger partial charge in [-0.1, -0.05) is 0 Å². The molecule has 1 aliphatic heterocycles. The first-order valence-corrected chi connectivity index (χ1v) is 8.43. The van der Waals surface area contributed by atoms with Gasteiger partial charge in [0.15, 0.2) is 6.20 Å². The van der Waals surface area contributed by atoms with Crippen molar-refractivity contribution in [2.45, 2.75) is 24.8 Å². The van der Waals surface area contributed by atoms with E-state index in [0.717, 1.165) is 6.20 Å². The summed E-state index contributed by atoms with van der Waals surface area (Å²) < 4.78 is 12.4. The molecule has 1 unspecified atom stereocenters. The van der Waals surface area contributed by atoms with E-state index in [0.29, 0.717) is 4.73 Å². The number of aliphatic carboxylic acids is 2. The van der Waals surface area contributed by atoms with E-state index < -0.39 is 28.7 Å². The number of nitrogens with one attached hydrogen (secondary N) is 1. The van der Waals surface area contributed by atoms with E-state index >= 15 is 0 Å². The molecule has 1 aliphatic rings. The molecule has 1 atom stereocenters. The Morgan fingerprint density at radius 1 is 1.21 bits per heavy atom. The highest BCUT2D eigenvalue weighted by atomic mass is 32.2. The van der Waals surface area contributed by atoms with E-state index in [1.54, 1.807) is 0 Å². The van der Waals surface area contributed by atoms with Crippen LogP contribution in [0.3, 0.4) is 0 Å². The maximum atomic E-state index is 12.0. The van der Waals surface area contributed by atoms with Crippen molar-refractivity contribution in [3.05, 3.63) is 51.6 Å². The van der Waals surface area contributed by atoms with Gasteiger partial charge in [0, 0.05) is 29.3 Å². The summed E-state index contributed by atoms with van der Waals surface area (Å²) in [7, 11) is -1.73. The third-order valence-corrected chi connectivity index (χ3v) is 4.71. The normalized spacial score (nSPS) is 16.8. The lowest BCUT2D eigenvalue weighted by Gasteiger charge is -2.28. The lowest BCUT2D eigenvalue weighted by atomic mass is 9.81. The van der Waals surface area contributed by atoms with Crippen LogP contribution in [0.1, 0.15) is 25.3 Å². The number of carbonyl (C=O) groups is 2. The Bertz CT molecular complexity index is 791. The van der Waals surface area contributed by atoms with Crippen molar-refractivity contribution in [3.8, 4) is 0 Å². The molecule has 0 fully saturated rings. The van der Waals surface area contributed by atoms with Crippen LogP contribution in [-0.2, 0) is 20.4 Å². The van der Waals surface area contributed by atoms with Crippen LogP contribution in [0.4, 0.5) is 0 Å². The Kier molecular flexibility index (Phi) is 4.74. The van der Waals surface area contributed by atoms with E-state index in [2.05, 4.69) is 5.32 Å². The minimum atomic E-state index is -1.73. The first-order valence-electron chi connectivity index (χ1n) is 6.87. The van der Waals surface area contributed by atoms with E-state index in [9.17, 15) is 29.2 Å². The number of carboxylic acids is 2. The minimum absolute atomic E-state index is 0.100. The van der Waals surface area contributed by atoms with Crippen LogP contribution >= 0.6 is 0 Å². The molecule has 8 nitrogen and oxygen atoms in total. The molecule has 128 valence electrons. The third-order valence-electron chi connectivity index (χ3n) is 3.75. The zero-order valence-electron chi connectivity index (χ0n) is 13.2. The fourth-order valence-electron chi connectivity index (χ4n) is 2.88. The number of pyridine rings is 1. The molecular weight excluding hydrogens is 336 g/mol. The summed E-state index contributed by atoms with van der Waals surface area (Å²) in [5.41, 5.74) is 0.239. The molecule has 1 aromatic heterocycles. The van der Waals surface area contributed by atoms with Crippen molar-refractivity contribution in [3.63, 3.8) is 0 Å². The van der Waals surface area contributed by atoms with Crippen molar-refractivity contribution in [2.24, 2.45) is 0 Å². The Morgan fingerprint density at radius 3 is 2.12 bits per heavy atom. The van der Waals surface area contributed by atoms with Gasteiger partial charge in [-0.15, -0.1) is 0 Å². The summed E-state index contributed by atoms with van der Waals surface area (Å²) in [5, 5.41) is 33.7. The van der Waals surface area contributed by atoms with Gasteiger partial charge in [0.05, 0.1) is 17.1 Å². The molecule has 0 amide bonds. The van der Waals surface area contributed by atoms with Crippen LogP contribution in [0.25, 0.3) is 0 Å². The van der Waals surface area contributed by atoms with Crippen molar-refractivity contribution in [2.75, 3.05) is 6.26 Å². The van der Waals surface area contributed by atoms with Crippen molar-refractivity contribution >= 4 is 22.7 Å². The second kappa shape index (κ2) is 6.44. The lowest BCUT2D eigenvalue weighted by molar-refractivity contribution is -0.646. The molecule has 1 aromatic rings. The number of hydrogen-bond donors (Lipinski definition) is 3. The molecule has 0 saturated heterocycles. The minimum Gasteiger partial charge on any atom is -0.618 e. The Hall–Kier alpha value is -2.68. The van der Waals surface area contributed by atoms with Gasteiger partial charge in [-0.2, -0.15) is 4.73 Å². The van der Waals surface area contributed by atoms with Gasteiger partial charge in [-0.05, 0) is 19.9 Å². The highest BCUT2D eigenvalue weighted by molar-refractivity contribution is 7.84. The summed E-state index contributed by atoms with van der Waals surface area (Å²) in [6.07, 6.45) is 2.41. The van der Waals surface area contributed by atoms with Gasteiger partial charge in [0.25, 0.3) is 5.03 Å². The molecule has 0 radical (unpaired) electrons. The van der Waals surface area contributed by atoms with Gasteiger partial charge in [-0.25, -0.2) is 13.8 Å². The SMILES string of the molecule is CC1=C(C(=O)O)C(c2ccc[n+]([O-])c2S(C)=O)C(C(=O)O)=C(C)N1. The van der Waals surface area contributed by atoms with Crippen molar-refractivity contribution in [1.29, 1.82) is 0 Å². The van der Waals surface area contributed by atoms with Gasteiger partial charge >= 0.3 is 11.9 Å². The third kappa shape index (κ3) is 2.90. The first-order chi connectivity index (χ1) is 11.2. The van der Waals surface area contributed by atoms with Crippen LogP contribution in [0.15, 0.2) is 45.9 Å². The van der Waals surface area contributed by atoms with Gasteiger partial charge in [-0.3, -0.25) is 0 Å². The number of carboxylic acid groups (broad SMARTS) is 2. The number of hydrogen-bond acceptors (Lipinski definition) is 5. The molecule has 0 saturated carbocycles. The maximum Gasteiger partial charge on any atom is 0.334 e. The Labute approximate surface area is 140 Å². The van der Waals surface area contributed by atoms with Gasteiger partial charge in [0.2, 0.25) is 0 Å². The van der Waals surface area contributed by atoms with Crippen LogP contribution in [0, 0.1) is 5.21 Å². The number of aromatic nitrogens is 1. The second-order valence-electron chi connectivity index (χ2n) is 5.29. The number of rotatable bonds is 4. The predicted molar refractivity (Wildman–Crippen MR) is 84.3 cm³/mol. The monoisotopic (exact) mass is 352 g/mol. The summed E-state index contributed by atoms with van der Waals surface area (Å²) in [5.74, 6) is -3.84. The van der Waals surface area contributed by atoms with E-state index in [4.69, 9.17) is 0 Å². The number of allylic oxidation sites excluding steroid dienone is 2. The average Bonchev–Trinajstić information content (AvgIpc) is 2.44. The molecule has 0 aromatic carbocycles. The fraction of sp³-hybridized carbons (Fsp3) is 0.267. The van der Waals surface area contributed by atoms with E-state index in [1.165, 1.54) is 32.2 Å². The summed E-state index contributed by atoms with van der Waals surface area (Å²) in [6.45, 7) is 3.02. The van der Waals surface area contributed by atoms with Crippen LogP contribution in [0.2, 0.25) is 0 Å². The Morgan fingerprint density at radius 2 is 1.71 bits per heavy atom. The zero-order valence-corrected chi connectivity index (χ0v) is 14.0. The smallest absolute Gasteiger partial charge is 0.334 e. The molecule has 9 heteroatoms. The molecule has 0 spiro atoms. The summed E-state index contributed by atoms with van der Waals surface area (Å²) in [4.78, 5) is 23.4. The topological polar surface area (TPSA) is 131 Å². The van der Waals surface area contributed by atoms with Crippen LogP contribution < -0.4 is 10.0 Å². The van der Waals surface area contributed by atoms with Crippen LogP contribution in [0.5, 0.6) is 0 Å². The number of dihydropyridines is 1. The summed E-state index contributed by atoms with van der Waals surface area (Å²) >= 11 is 0. The molecule has 2 heterocycles.